The average molecular weight is 381 g/mol. The van der Waals surface area contributed by atoms with Gasteiger partial charge in [-0.15, -0.1) is 0 Å². The predicted octanol–water partition coefficient (Wildman–Crippen LogP) is 3.33. The van der Waals surface area contributed by atoms with E-state index in [1.165, 1.54) is 0 Å². The number of hydrogen-bond donors (Lipinski definition) is 0. The summed E-state index contributed by atoms with van der Waals surface area (Å²) in [5, 5.41) is 12.8. The third-order valence-corrected chi connectivity index (χ3v) is 3.70. The van der Waals surface area contributed by atoms with Gasteiger partial charge in [0, 0.05) is 6.07 Å². The van der Waals surface area contributed by atoms with Crippen LogP contribution < -0.4 is 0 Å². The van der Waals surface area contributed by atoms with Gasteiger partial charge in [-0.2, -0.15) is 0 Å². The lowest BCUT2D eigenvalue weighted by Gasteiger charge is -2.33. The van der Waals surface area contributed by atoms with E-state index >= 15 is 0 Å². The molecule has 0 amide bonds. The van der Waals surface area contributed by atoms with Crippen LogP contribution in [-0.2, 0) is 6.54 Å². The third-order valence-electron chi connectivity index (χ3n) is 2.99. The number of benzene rings is 1. The van der Waals surface area contributed by atoms with Gasteiger partial charge in [-0.25, -0.2) is 0 Å². The number of rotatable bonds is 7. The Morgan fingerprint density at radius 3 is 2.28 bits per heavy atom. The van der Waals surface area contributed by atoms with E-state index in [-0.39, 0.29) is 10.6 Å². The van der Waals surface area contributed by atoms with Crippen molar-refractivity contribution in [2.45, 2.75) is 6.54 Å². The van der Waals surface area contributed by atoms with Crippen molar-refractivity contribution >= 4 is 37.5 Å². The molecule has 0 aliphatic rings. The lowest BCUT2D eigenvalue weighted by atomic mass is 10.1. The summed E-state index contributed by atoms with van der Waals surface area (Å²) in [7, 11) is 2.12. The summed E-state index contributed by atoms with van der Waals surface area (Å²) in [5.41, 5.74) is 1.01. The fourth-order valence-corrected chi connectivity index (χ4v) is 3.62. The van der Waals surface area contributed by atoms with Gasteiger partial charge >= 0.3 is 0 Å². The number of nitro groups is 1. The van der Waals surface area contributed by atoms with Crippen molar-refractivity contribution < 1.29 is 9.41 Å². The molecule has 0 heterocycles. The molecule has 1 aromatic carbocycles. The zero-order valence-corrected chi connectivity index (χ0v) is 13.5. The molecule has 1 rings (SSSR count). The normalized spacial score (nSPS) is 11.5. The molecule has 1 aromatic rings. The molecular formula is C12H17Br2N2O2+. The second kappa shape index (κ2) is 7.21. The van der Waals surface area contributed by atoms with Crippen LogP contribution in [0.4, 0.5) is 5.69 Å². The number of para-hydroxylation sites is 1. The first-order valence-corrected chi connectivity index (χ1v) is 7.94. The minimum atomic E-state index is -0.304. The third kappa shape index (κ3) is 4.33. The molecule has 0 aliphatic carbocycles. The highest BCUT2D eigenvalue weighted by Gasteiger charge is 2.25. The zero-order chi connectivity index (χ0) is 13.6. The predicted molar refractivity (Wildman–Crippen MR) is 80.3 cm³/mol. The maximum Gasteiger partial charge on any atom is 0.278 e. The monoisotopic (exact) mass is 379 g/mol. The first-order valence-electron chi connectivity index (χ1n) is 5.70. The highest BCUT2D eigenvalue weighted by atomic mass is 79.9. The van der Waals surface area contributed by atoms with Crippen LogP contribution in [-0.4, -0.2) is 40.2 Å². The van der Waals surface area contributed by atoms with E-state index in [4.69, 9.17) is 0 Å². The molecule has 0 N–H and O–H groups in total. The minimum Gasteiger partial charge on any atom is -0.321 e. The summed E-state index contributed by atoms with van der Waals surface area (Å²) < 4.78 is 0.779. The van der Waals surface area contributed by atoms with E-state index in [0.717, 1.165) is 33.8 Å². The fraction of sp³-hybridized carbons (Fsp3) is 0.500. The maximum absolute atomic E-state index is 11.0. The van der Waals surface area contributed by atoms with Gasteiger partial charge in [0.2, 0.25) is 0 Å². The Labute approximate surface area is 124 Å². The molecule has 0 radical (unpaired) electrons. The van der Waals surface area contributed by atoms with Crippen LogP contribution in [0, 0.1) is 10.1 Å². The Hall–Kier alpha value is -0.460. The lowest BCUT2D eigenvalue weighted by Crippen LogP contribution is -2.46. The molecule has 0 bridgehead atoms. The molecule has 0 saturated carbocycles. The van der Waals surface area contributed by atoms with E-state index in [9.17, 15) is 10.1 Å². The highest BCUT2D eigenvalue weighted by molar-refractivity contribution is 9.09. The number of quaternary nitrogens is 1. The summed E-state index contributed by atoms with van der Waals surface area (Å²) in [6.45, 7) is 2.56. The van der Waals surface area contributed by atoms with Crippen LogP contribution in [0.5, 0.6) is 0 Å². The van der Waals surface area contributed by atoms with Crippen molar-refractivity contribution in [1.82, 2.24) is 0 Å². The van der Waals surface area contributed by atoms with Gasteiger partial charge in [0.25, 0.3) is 5.69 Å². The Kier molecular flexibility index (Phi) is 6.25. The van der Waals surface area contributed by atoms with E-state index < -0.39 is 0 Å². The molecule has 0 aromatic heterocycles. The molecule has 18 heavy (non-hydrogen) atoms. The SMILES string of the molecule is C[N+](CCBr)(CCBr)Cc1ccccc1[N+](=O)[O-]. The molecule has 6 heteroatoms. The molecule has 4 nitrogen and oxygen atoms in total. The van der Waals surface area contributed by atoms with E-state index in [1.54, 1.807) is 12.1 Å². The minimum absolute atomic E-state index is 0.214. The molecule has 0 spiro atoms. The maximum atomic E-state index is 11.0. The molecule has 0 atom stereocenters. The Morgan fingerprint density at radius 2 is 1.78 bits per heavy atom. The summed E-state index contributed by atoms with van der Waals surface area (Å²) in [6.07, 6.45) is 0. The van der Waals surface area contributed by atoms with E-state index in [1.807, 2.05) is 12.1 Å². The van der Waals surface area contributed by atoms with Gasteiger partial charge in [0.05, 0.1) is 41.3 Å². The average Bonchev–Trinajstić information content (AvgIpc) is 2.29. The van der Waals surface area contributed by atoms with Crippen molar-refractivity contribution in [3.8, 4) is 0 Å². The molecular weight excluding hydrogens is 364 g/mol. The van der Waals surface area contributed by atoms with Gasteiger partial charge in [-0.1, -0.05) is 44.0 Å². The highest BCUT2D eigenvalue weighted by Crippen LogP contribution is 2.22. The van der Waals surface area contributed by atoms with Crippen LogP contribution in [0.15, 0.2) is 24.3 Å². The van der Waals surface area contributed by atoms with Crippen molar-refractivity contribution in [3.63, 3.8) is 0 Å². The quantitative estimate of drug-likeness (QED) is 0.315. The Morgan fingerprint density at radius 1 is 1.22 bits per heavy atom. The van der Waals surface area contributed by atoms with Gasteiger partial charge < -0.3 is 4.48 Å². The molecule has 100 valence electrons. The van der Waals surface area contributed by atoms with E-state index in [0.29, 0.717) is 6.54 Å². The van der Waals surface area contributed by atoms with Crippen LogP contribution in [0.1, 0.15) is 5.56 Å². The topological polar surface area (TPSA) is 43.1 Å². The summed E-state index contributed by atoms with van der Waals surface area (Å²) >= 11 is 6.90. The number of nitrogens with zero attached hydrogens (tertiary/aromatic N) is 2. The van der Waals surface area contributed by atoms with Gasteiger partial charge in [-0.05, 0) is 6.07 Å². The van der Waals surface area contributed by atoms with Crippen LogP contribution in [0.2, 0.25) is 0 Å². The fourth-order valence-electron chi connectivity index (χ4n) is 1.91. The van der Waals surface area contributed by atoms with Crippen LogP contribution in [0.3, 0.4) is 0 Å². The van der Waals surface area contributed by atoms with Crippen molar-refractivity contribution in [2.24, 2.45) is 0 Å². The first kappa shape index (κ1) is 15.6. The number of alkyl halides is 2. The summed E-state index contributed by atoms with van der Waals surface area (Å²) in [5.74, 6) is 0. The number of nitro benzene ring substituents is 1. The van der Waals surface area contributed by atoms with Gasteiger partial charge in [-0.3, -0.25) is 10.1 Å². The zero-order valence-electron chi connectivity index (χ0n) is 10.3. The van der Waals surface area contributed by atoms with Crippen molar-refractivity contribution in [3.05, 3.63) is 39.9 Å². The van der Waals surface area contributed by atoms with Crippen LogP contribution >= 0.6 is 31.9 Å². The molecule has 0 fully saturated rings. The number of halogens is 2. The largest absolute Gasteiger partial charge is 0.321 e. The van der Waals surface area contributed by atoms with Crippen molar-refractivity contribution in [1.29, 1.82) is 0 Å². The Bertz CT molecular complexity index is 407. The second-order valence-electron chi connectivity index (χ2n) is 4.49. The summed E-state index contributed by atoms with van der Waals surface area (Å²) in [6, 6.07) is 6.98. The van der Waals surface area contributed by atoms with Crippen LogP contribution in [0.25, 0.3) is 0 Å². The van der Waals surface area contributed by atoms with Gasteiger partial charge in [0.15, 0.2) is 0 Å². The second-order valence-corrected chi connectivity index (χ2v) is 6.07. The number of hydrogen-bond acceptors (Lipinski definition) is 2. The first-order chi connectivity index (χ1) is 8.52. The molecule has 0 unspecified atom stereocenters. The smallest absolute Gasteiger partial charge is 0.278 e. The standard InChI is InChI=1S/C12H17Br2N2O2/c1-16(8-6-13,9-7-14)10-11-4-2-3-5-12(11)15(17)18/h2-5H,6-10H2,1H3/q+1. The lowest BCUT2D eigenvalue weighted by molar-refractivity contribution is -0.917. The Balaban J connectivity index is 2.96. The molecule has 0 saturated heterocycles. The molecule has 0 aliphatic heterocycles. The van der Waals surface area contributed by atoms with Crippen molar-refractivity contribution in [2.75, 3.05) is 30.8 Å². The summed E-state index contributed by atoms with van der Waals surface area (Å²) in [4.78, 5) is 10.7. The van der Waals surface area contributed by atoms with E-state index in [2.05, 4.69) is 38.9 Å². The van der Waals surface area contributed by atoms with Gasteiger partial charge in [0.1, 0.15) is 6.54 Å².